The summed E-state index contributed by atoms with van der Waals surface area (Å²) < 4.78 is 7.07. The zero-order valence-corrected chi connectivity index (χ0v) is 16.3. The predicted octanol–water partition coefficient (Wildman–Crippen LogP) is 0.425. The highest BCUT2D eigenvalue weighted by molar-refractivity contribution is 9.10. The number of amides is 1. The van der Waals surface area contributed by atoms with E-state index in [0.717, 1.165) is 21.9 Å². The van der Waals surface area contributed by atoms with Crippen LogP contribution in [0.1, 0.15) is 6.92 Å². The highest BCUT2D eigenvalue weighted by Crippen LogP contribution is 2.12. The molecule has 0 aliphatic rings. The molecule has 26 heavy (non-hydrogen) atoms. The van der Waals surface area contributed by atoms with Gasteiger partial charge in [0, 0.05) is 17.6 Å². The molecule has 1 N–H and O–H groups in total. The number of nitrogens with zero attached hydrogens (tertiary/aromatic N) is 2. The second-order valence-corrected chi connectivity index (χ2v) is 6.80. The number of nitrogens with one attached hydrogen (secondary N) is 1. The lowest BCUT2D eigenvalue weighted by molar-refractivity contribution is -0.135. The standard InChI is InChI=1S/C17H14BrN3O4S/c1-3-25-14(22)8-13-16(24)21(11-6-4-10(18)5-7-11)17(26-13)12(9-19)15(23)20-2/h4-8H,3H2,1-2H3,(H,20,23). The number of thiazole rings is 1. The van der Waals surface area contributed by atoms with Gasteiger partial charge in [-0.15, -0.1) is 11.3 Å². The fraction of sp³-hybridized carbons (Fsp3) is 0.176. The van der Waals surface area contributed by atoms with Crippen LogP contribution in [-0.4, -0.2) is 30.1 Å². The van der Waals surface area contributed by atoms with Crippen LogP contribution in [0, 0.1) is 11.3 Å². The van der Waals surface area contributed by atoms with E-state index < -0.39 is 17.4 Å². The fourth-order valence-electron chi connectivity index (χ4n) is 2.09. The zero-order chi connectivity index (χ0) is 19.3. The maximum atomic E-state index is 12.8. The number of hydrogen-bond acceptors (Lipinski definition) is 6. The van der Waals surface area contributed by atoms with E-state index in [2.05, 4.69) is 21.2 Å². The first-order chi connectivity index (χ1) is 12.4. The molecule has 1 heterocycles. The smallest absolute Gasteiger partial charge is 0.332 e. The Bertz CT molecular complexity index is 1060. The van der Waals surface area contributed by atoms with Gasteiger partial charge in [-0.2, -0.15) is 5.26 Å². The highest BCUT2D eigenvalue weighted by atomic mass is 79.9. The lowest BCUT2D eigenvalue weighted by atomic mass is 10.3. The van der Waals surface area contributed by atoms with Crippen molar-refractivity contribution in [3.8, 4) is 11.8 Å². The average Bonchev–Trinajstić information content (AvgIpc) is 2.92. The van der Waals surface area contributed by atoms with Crippen molar-refractivity contribution in [2.24, 2.45) is 0 Å². The predicted molar refractivity (Wildman–Crippen MR) is 101 cm³/mol. The minimum Gasteiger partial charge on any atom is -0.463 e. The van der Waals surface area contributed by atoms with Crippen LogP contribution in [0.2, 0.25) is 0 Å². The molecule has 0 radical (unpaired) electrons. The molecule has 7 nitrogen and oxygen atoms in total. The van der Waals surface area contributed by atoms with E-state index >= 15 is 0 Å². The van der Waals surface area contributed by atoms with Gasteiger partial charge < -0.3 is 10.1 Å². The van der Waals surface area contributed by atoms with Gasteiger partial charge in [0.1, 0.15) is 15.3 Å². The second kappa shape index (κ2) is 8.60. The summed E-state index contributed by atoms with van der Waals surface area (Å²) >= 11 is 4.19. The number of aromatic nitrogens is 1. The van der Waals surface area contributed by atoms with Gasteiger partial charge in [-0.05, 0) is 31.2 Å². The van der Waals surface area contributed by atoms with Crippen LogP contribution in [-0.2, 0) is 14.3 Å². The van der Waals surface area contributed by atoms with Crippen LogP contribution in [0.5, 0.6) is 0 Å². The Morgan fingerprint density at radius 2 is 2.04 bits per heavy atom. The van der Waals surface area contributed by atoms with E-state index in [1.165, 1.54) is 11.6 Å². The second-order valence-electron chi connectivity index (χ2n) is 4.85. The maximum Gasteiger partial charge on any atom is 0.332 e. The van der Waals surface area contributed by atoms with E-state index in [-0.39, 0.29) is 21.4 Å². The third kappa shape index (κ3) is 4.09. The van der Waals surface area contributed by atoms with E-state index in [1.807, 2.05) is 6.07 Å². The Balaban J connectivity index is 2.91. The zero-order valence-electron chi connectivity index (χ0n) is 13.9. The number of benzene rings is 1. The molecule has 0 spiro atoms. The summed E-state index contributed by atoms with van der Waals surface area (Å²) in [7, 11) is 1.39. The minimum absolute atomic E-state index is 0.0676. The first kappa shape index (κ1) is 19.6. The normalized spacial score (nSPS) is 12.3. The van der Waals surface area contributed by atoms with Crippen molar-refractivity contribution in [2.45, 2.75) is 6.92 Å². The van der Waals surface area contributed by atoms with Crippen LogP contribution >= 0.6 is 27.3 Å². The molecule has 2 rings (SSSR count). The van der Waals surface area contributed by atoms with Crippen LogP contribution < -0.4 is 20.1 Å². The van der Waals surface area contributed by atoms with Crippen molar-refractivity contribution in [1.82, 2.24) is 9.88 Å². The topological polar surface area (TPSA) is 101 Å². The van der Waals surface area contributed by atoms with E-state index in [9.17, 15) is 19.6 Å². The van der Waals surface area contributed by atoms with Crippen LogP contribution in [0.3, 0.4) is 0 Å². The molecule has 2 aromatic rings. The minimum atomic E-state index is -0.668. The number of halogens is 1. The van der Waals surface area contributed by atoms with Crippen molar-refractivity contribution in [2.75, 3.05) is 13.7 Å². The van der Waals surface area contributed by atoms with Gasteiger partial charge in [-0.1, -0.05) is 15.9 Å². The van der Waals surface area contributed by atoms with E-state index in [1.54, 1.807) is 31.2 Å². The fourth-order valence-corrected chi connectivity index (χ4v) is 3.41. The molecule has 9 heteroatoms. The van der Waals surface area contributed by atoms with Crippen LogP contribution in [0.15, 0.2) is 33.5 Å². The van der Waals surface area contributed by atoms with Gasteiger partial charge >= 0.3 is 5.97 Å². The molecule has 134 valence electrons. The molecule has 0 saturated heterocycles. The first-order valence-electron chi connectivity index (χ1n) is 7.45. The number of rotatable bonds is 4. The Kier molecular flexibility index (Phi) is 6.49. The Morgan fingerprint density at radius 1 is 1.38 bits per heavy atom. The number of esters is 1. The van der Waals surface area contributed by atoms with Gasteiger partial charge in [0.2, 0.25) is 0 Å². The van der Waals surface area contributed by atoms with Crippen molar-refractivity contribution >= 4 is 50.8 Å². The molecule has 0 fully saturated rings. The molecule has 0 bridgehead atoms. The lowest BCUT2D eigenvalue weighted by Crippen LogP contribution is -2.33. The average molecular weight is 436 g/mol. The maximum absolute atomic E-state index is 12.8. The highest BCUT2D eigenvalue weighted by Gasteiger charge is 2.16. The number of carbonyl (C=O) groups excluding carboxylic acids is 2. The van der Waals surface area contributed by atoms with Gasteiger partial charge in [-0.25, -0.2) is 4.79 Å². The number of ether oxygens (including phenoxy) is 1. The number of nitriles is 1. The molecule has 0 atom stereocenters. The monoisotopic (exact) mass is 435 g/mol. The molecule has 0 aliphatic carbocycles. The quantitative estimate of drug-likeness (QED) is 0.701. The molecule has 0 saturated carbocycles. The van der Waals surface area contributed by atoms with Gasteiger partial charge in [0.15, 0.2) is 5.57 Å². The van der Waals surface area contributed by atoms with Gasteiger partial charge in [-0.3, -0.25) is 14.2 Å². The van der Waals surface area contributed by atoms with Crippen molar-refractivity contribution in [1.29, 1.82) is 5.26 Å². The van der Waals surface area contributed by atoms with Gasteiger partial charge in [0.05, 0.1) is 12.3 Å². The molecule has 1 aromatic heterocycles. The summed E-state index contributed by atoms with van der Waals surface area (Å²) in [6.07, 6.45) is 1.06. The Morgan fingerprint density at radius 3 is 2.58 bits per heavy atom. The lowest BCUT2D eigenvalue weighted by Gasteiger charge is -2.03. The van der Waals surface area contributed by atoms with Crippen molar-refractivity contribution in [3.05, 3.63) is 48.3 Å². The molecule has 1 amide bonds. The van der Waals surface area contributed by atoms with Crippen molar-refractivity contribution < 1.29 is 14.3 Å². The summed E-state index contributed by atoms with van der Waals surface area (Å²) in [6.45, 7) is 1.82. The summed E-state index contributed by atoms with van der Waals surface area (Å²) in [4.78, 5) is 36.6. The Hall–Kier alpha value is -2.70. The SMILES string of the molecule is CCOC(=O)C=c1sc(=C(C#N)C(=O)NC)n(-c2ccc(Br)cc2)c1=O. The van der Waals surface area contributed by atoms with Crippen molar-refractivity contribution in [3.63, 3.8) is 0 Å². The third-order valence-electron chi connectivity index (χ3n) is 3.22. The van der Waals surface area contributed by atoms with E-state index in [0.29, 0.717) is 5.69 Å². The van der Waals surface area contributed by atoms with E-state index in [4.69, 9.17) is 4.74 Å². The largest absolute Gasteiger partial charge is 0.463 e. The molecule has 1 aromatic carbocycles. The van der Waals surface area contributed by atoms with Crippen LogP contribution in [0.25, 0.3) is 17.3 Å². The van der Waals surface area contributed by atoms with Gasteiger partial charge in [0.25, 0.3) is 11.5 Å². The number of carbonyl (C=O) groups is 2. The molecular formula is C17H14BrN3O4S. The number of hydrogen-bond donors (Lipinski definition) is 1. The summed E-state index contributed by atoms with van der Waals surface area (Å²) in [5.41, 5.74) is -0.275. The summed E-state index contributed by atoms with van der Waals surface area (Å²) in [5.74, 6) is -1.29. The first-order valence-corrected chi connectivity index (χ1v) is 9.06. The van der Waals surface area contributed by atoms with Crippen LogP contribution in [0.4, 0.5) is 0 Å². The Labute approximate surface area is 161 Å². The third-order valence-corrected chi connectivity index (χ3v) is 4.84. The molecule has 0 unspecified atom stereocenters. The summed E-state index contributed by atoms with van der Waals surface area (Å²) in [6, 6.07) is 8.60. The molecular weight excluding hydrogens is 422 g/mol. The summed E-state index contributed by atoms with van der Waals surface area (Å²) in [5, 5.41) is 11.8. The molecule has 0 aliphatic heterocycles.